The van der Waals surface area contributed by atoms with E-state index in [1.807, 2.05) is 6.07 Å². The lowest BCUT2D eigenvalue weighted by Crippen LogP contribution is -2.31. The van der Waals surface area contributed by atoms with Crippen LogP contribution in [-0.2, 0) is 25.5 Å². The van der Waals surface area contributed by atoms with Crippen molar-refractivity contribution in [3.8, 4) is 11.5 Å². The molecule has 0 heterocycles. The number of carbonyl (C=O) groups is 2. The normalized spacial score (nSPS) is 13.7. The molecular weight excluding hydrogens is 434 g/mol. The topological polar surface area (TPSA) is 94.1 Å². The van der Waals surface area contributed by atoms with E-state index in [1.165, 1.54) is 33.3 Å². The predicted molar refractivity (Wildman–Crippen MR) is 134 cm³/mol. The minimum absolute atomic E-state index is 0.0863. The summed E-state index contributed by atoms with van der Waals surface area (Å²) in [5.41, 5.74) is 0.969. The molecule has 0 amide bonds. The summed E-state index contributed by atoms with van der Waals surface area (Å²) >= 11 is 0. The van der Waals surface area contributed by atoms with E-state index in [1.54, 1.807) is 19.2 Å². The Balaban J connectivity index is 2.94. The lowest BCUT2D eigenvalue weighted by molar-refractivity contribution is -0.154. The Morgan fingerprint density at radius 1 is 1.00 bits per heavy atom. The van der Waals surface area contributed by atoms with Crippen LogP contribution in [0.2, 0.25) is 0 Å². The first kappa shape index (κ1) is 29.8. The van der Waals surface area contributed by atoms with Crippen LogP contribution < -0.4 is 10.1 Å². The summed E-state index contributed by atoms with van der Waals surface area (Å²) in [6.45, 7) is 5.94. The Labute approximate surface area is 205 Å². The van der Waals surface area contributed by atoms with Crippen molar-refractivity contribution < 1.29 is 28.9 Å². The second-order valence-corrected chi connectivity index (χ2v) is 9.04. The number of carbonyl (C=O) groups excluding carboxylic acids is 2. The number of ether oxygens (including phenoxy) is 3. The molecule has 194 valence electrons. The Bertz CT molecular complexity index is 723. The molecule has 0 bridgehead atoms. The van der Waals surface area contributed by atoms with Gasteiger partial charge in [0.2, 0.25) is 0 Å². The fourth-order valence-corrected chi connectivity index (χ4v) is 4.37. The van der Waals surface area contributed by atoms with E-state index in [2.05, 4.69) is 19.2 Å². The third-order valence-corrected chi connectivity index (χ3v) is 5.99. The largest absolute Gasteiger partial charge is 0.504 e. The Kier molecular flexibility index (Phi) is 15.0. The van der Waals surface area contributed by atoms with E-state index in [0.29, 0.717) is 30.9 Å². The first-order valence-electron chi connectivity index (χ1n) is 12.7. The zero-order chi connectivity index (χ0) is 25.3. The van der Waals surface area contributed by atoms with Crippen molar-refractivity contribution in [3.63, 3.8) is 0 Å². The van der Waals surface area contributed by atoms with Crippen LogP contribution in [0.5, 0.6) is 11.5 Å². The molecule has 0 aliphatic heterocycles. The molecule has 7 heteroatoms. The number of methoxy groups -OCH3 is 1. The molecule has 0 aromatic heterocycles. The van der Waals surface area contributed by atoms with E-state index >= 15 is 0 Å². The molecule has 0 spiro atoms. The zero-order valence-electron chi connectivity index (χ0n) is 21.7. The number of benzene rings is 1. The van der Waals surface area contributed by atoms with E-state index in [9.17, 15) is 14.7 Å². The first-order chi connectivity index (χ1) is 16.3. The van der Waals surface area contributed by atoms with Gasteiger partial charge >= 0.3 is 11.9 Å². The van der Waals surface area contributed by atoms with E-state index in [0.717, 1.165) is 31.2 Å². The fraction of sp³-hybridized carbons (Fsp3) is 0.704. The number of unbranched alkanes of at least 4 members (excludes halogenated alkanes) is 2. The van der Waals surface area contributed by atoms with Gasteiger partial charge in [-0.25, -0.2) is 0 Å². The van der Waals surface area contributed by atoms with Crippen LogP contribution >= 0.6 is 0 Å². The first-order valence-corrected chi connectivity index (χ1v) is 12.7. The van der Waals surface area contributed by atoms with Gasteiger partial charge in [0, 0.05) is 13.3 Å². The number of phenols is 1. The predicted octanol–water partition coefficient (Wildman–Crippen LogP) is 5.17. The highest BCUT2D eigenvalue weighted by molar-refractivity contribution is 5.71. The van der Waals surface area contributed by atoms with Crippen molar-refractivity contribution >= 4 is 11.9 Å². The quantitative estimate of drug-likeness (QED) is 0.221. The van der Waals surface area contributed by atoms with Crippen LogP contribution in [-0.4, -0.2) is 50.0 Å². The van der Waals surface area contributed by atoms with Gasteiger partial charge in [-0.3, -0.25) is 9.59 Å². The Morgan fingerprint density at radius 3 is 2.38 bits per heavy atom. The molecule has 1 aromatic carbocycles. The van der Waals surface area contributed by atoms with Crippen LogP contribution in [0.25, 0.3) is 0 Å². The van der Waals surface area contributed by atoms with Gasteiger partial charge < -0.3 is 24.6 Å². The number of aryl methyl sites for hydroxylation is 1. The molecule has 34 heavy (non-hydrogen) atoms. The number of likely N-dealkylation sites (N-methyl/N-ethyl adjacent to an activating group) is 1. The standard InChI is InChI=1S/C27H45NO6/c1-6-8-9-11-21(10-7-2)16-24(33-20(3)29)18-23(34-27(31)19-28-4)14-12-22-13-15-25(30)26(17-22)32-5/h13,15,17,21,23-24,28,30H,6-12,14,16,18-19H2,1-5H3/t21-,23-,24+/m0/s1. The summed E-state index contributed by atoms with van der Waals surface area (Å²) in [5, 5.41) is 12.7. The van der Waals surface area contributed by atoms with Gasteiger partial charge in [-0.15, -0.1) is 0 Å². The highest BCUT2D eigenvalue weighted by Crippen LogP contribution is 2.29. The number of hydrogen-bond donors (Lipinski definition) is 2. The van der Waals surface area contributed by atoms with Crippen molar-refractivity contribution in [3.05, 3.63) is 23.8 Å². The van der Waals surface area contributed by atoms with Gasteiger partial charge in [-0.2, -0.15) is 0 Å². The summed E-state index contributed by atoms with van der Waals surface area (Å²) in [4.78, 5) is 24.1. The lowest BCUT2D eigenvalue weighted by Gasteiger charge is -2.27. The monoisotopic (exact) mass is 479 g/mol. The maximum atomic E-state index is 12.3. The highest BCUT2D eigenvalue weighted by atomic mass is 16.6. The number of hydrogen-bond acceptors (Lipinski definition) is 7. The third kappa shape index (κ3) is 12.3. The van der Waals surface area contributed by atoms with Crippen LogP contribution in [0.1, 0.15) is 84.1 Å². The second kappa shape index (κ2) is 17.2. The van der Waals surface area contributed by atoms with Crippen molar-refractivity contribution in [2.24, 2.45) is 5.92 Å². The van der Waals surface area contributed by atoms with Gasteiger partial charge in [-0.1, -0.05) is 58.4 Å². The average Bonchev–Trinajstić information content (AvgIpc) is 2.78. The molecule has 0 aliphatic rings. The number of aromatic hydroxyl groups is 1. The second-order valence-electron chi connectivity index (χ2n) is 9.04. The summed E-state index contributed by atoms with van der Waals surface area (Å²) in [6, 6.07) is 5.22. The number of phenolic OH excluding ortho intramolecular Hbond substituents is 1. The third-order valence-electron chi connectivity index (χ3n) is 5.99. The molecule has 0 saturated carbocycles. The molecular formula is C27H45NO6. The smallest absolute Gasteiger partial charge is 0.320 e. The molecule has 1 rings (SSSR count). The highest BCUT2D eigenvalue weighted by Gasteiger charge is 2.25. The minimum atomic E-state index is -0.386. The Morgan fingerprint density at radius 2 is 1.76 bits per heavy atom. The van der Waals surface area contributed by atoms with E-state index < -0.39 is 0 Å². The van der Waals surface area contributed by atoms with Crippen LogP contribution in [0, 0.1) is 5.92 Å². The van der Waals surface area contributed by atoms with Gasteiger partial charge in [0.1, 0.15) is 12.2 Å². The molecule has 3 atom stereocenters. The summed E-state index contributed by atoms with van der Waals surface area (Å²) < 4.78 is 16.7. The minimum Gasteiger partial charge on any atom is -0.504 e. The average molecular weight is 480 g/mol. The van der Waals surface area contributed by atoms with Gasteiger partial charge in [0.25, 0.3) is 0 Å². The van der Waals surface area contributed by atoms with Gasteiger partial charge in [0.05, 0.1) is 13.7 Å². The summed E-state index contributed by atoms with van der Waals surface area (Å²) in [6.07, 6.45) is 8.66. The fourth-order valence-electron chi connectivity index (χ4n) is 4.37. The summed E-state index contributed by atoms with van der Waals surface area (Å²) in [7, 11) is 3.21. The SMILES string of the molecule is CCCCC[C@H](CCC)C[C@H](C[C@H](CCc1ccc(O)c(OC)c1)OC(=O)CNC)OC(C)=O. The van der Waals surface area contributed by atoms with Crippen molar-refractivity contribution in [1.29, 1.82) is 0 Å². The van der Waals surface area contributed by atoms with Crippen molar-refractivity contribution in [1.82, 2.24) is 5.32 Å². The number of rotatable bonds is 18. The molecule has 1 aromatic rings. The molecule has 2 N–H and O–H groups in total. The lowest BCUT2D eigenvalue weighted by atomic mass is 9.88. The van der Waals surface area contributed by atoms with Crippen molar-refractivity contribution in [2.45, 2.75) is 97.2 Å². The number of nitrogens with one attached hydrogen (secondary N) is 1. The maximum absolute atomic E-state index is 12.3. The molecule has 0 saturated heterocycles. The van der Waals surface area contributed by atoms with Crippen LogP contribution in [0.4, 0.5) is 0 Å². The molecule has 0 unspecified atom stereocenters. The molecule has 7 nitrogen and oxygen atoms in total. The van der Waals surface area contributed by atoms with Crippen LogP contribution in [0.15, 0.2) is 18.2 Å². The van der Waals surface area contributed by atoms with Gasteiger partial charge in [0.15, 0.2) is 11.5 Å². The van der Waals surface area contributed by atoms with E-state index in [4.69, 9.17) is 14.2 Å². The van der Waals surface area contributed by atoms with Gasteiger partial charge in [-0.05, 0) is 49.9 Å². The molecule has 0 fully saturated rings. The van der Waals surface area contributed by atoms with E-state index in [-0.39, 0.29) is 36.4 Å². The summed E-state index contributed by atoms with van der Waals surface area (Å²) in [5.74, 6) is 0.343. The van der Waals surface area contributed by atoms with Crippen molar-refractivity contribution in [2.75, 3.05) is 20.7 Å². The van der Waals surface area contributed by atoms with Crippen LogP contribution in [0.3, 0.4) is 0 Å². The maximum Gasteiger partial charge on any atom is 0.320 e. The molecule has 0 aliphatic carbocycles. The Hall–Kier alpha value is -2.28. The number of esters is 2. The zero-order valence-corrected chi connectivity index (χ0v) is 21.7. The molecule has 0 radical (unpaired) electrons.